The van der Waals surface area contributed by atoms with Gasteiger partial charge in [-0.05, 0) is 6.07 Å². The predicted octanol–water partition coefficient (Wildman–Crippen LogP) is 1.16. The molecule has 1 aromatic carbocycles. The summed E-state index contributed by atoms with van der Waals surface area (Å²) in [6.07, 6.45) is -0.291. The first kappa shape index (κ1) is 8.72. The quantitative estimate of drug-likeness (QED) is 0.680. The van der Waals surface area contributed by atoms with E-state index in [1.165, 1.54) is 7.11 Å². The first-order valence-corrected chi connectivity index (χ1v) is 5.65. The molecule has 13 heavy (non-hydrogen) atoms. The van der Waals surface area contributed by atoms with Crippen molar-refractivity contribution in [2.45, 2.75) is 11.0 Å². The molecule has 0 fully saturated rings. The molecule has 70 valence electrons. The Balaban J connectivity index is 2.64. The largest absolute Gasteiger partial charge is 0.376 e. The Kier molecular flexibility index (Phi) is 1.89. The van der Waals surface area contributed by atoms with Crippen LogP contribution in [-0.2, 0) is 14.6 Å². The molecule has 3 nitrogen and oxygen atoms in total. The number of sulfone groups is 1. The van der Waals surface area contributed by atoms with Gasteiger partial charge in [-0.25, -0.2) is 8.42 Å². The molecule has 1 aromatic rings. The van der Waals surface area contributed by atoms with E-state index in [0.717, 1.165) is 5.56 Å². The van der Waals surface area contributed by atoms with Crippen LogP contribution in [-0.4, -0.2) is 21.3 Å². The van der Waals surface area contributed by atoms with Gasteiger partial charge in [0.15, 0.2) is 9.84 Å². The van der Waals surface area contributed by atoms with E-state index in [9.17, 15) is 8.42 Å². The van der Waals surface area contributed by atoms with Gasteiger partial charge in [-0.3, -0.25) is 0 Å². The van der Waals surface area contributed by atoms with Crippen LogP contribution in [0.15, 0.2) is 29.2 Å². The Bertz CT molecular complexity index is 422. The van der Waals surface area contributed by atoms with Gasteiger partial charge in [0.2, 0.25) is 0 Å². The lowest BCUT2D eigenvalue weighted by atomic mass is 10.1. The van der Waals surface area contributed by atoms with Gasteiger partial charge in [0.25, 0.3) is 0 Å². The Labute approximate surface area is 77.3 Å². The fourth-order valence-electron chi connectivity index (χ4n) is 1.60. The van der Waals surface area contributed by atoms with E-state index >= 15 is 0 Å². The third kappa shape index (κ3) is 1.26. The van der Waals surface area contributed by atoms with Crippen LogP contribution < -0.4 is 0 Å². The van der Waals surface area contributed by atoms with Crippen LogP contribution in [0.25, 0.3) is 0 Å². The van der Waals surface area contributed by atoms with Crippen molar-refractivity contribution in [1.82, 2.24) is 0 Å². The third-order valence-electron chi connectivity index (χ3n) is 2.26. The van der Waals surface area contributed by atoms with E-state index in [0.29, 0.717) is 4.90 Å². The zero-order valence-electron chi connectivity index (χ0n) is 7.23. The van der Waals surface area contributed by atoms with Gasteiger partial charge in [0.1, 0.15) is 0 Å². The van der Waals surface area contributed by atoms with Gasteiger partial charge >= 0.3 is 0 Å². The van der Waals surface area contributed by atoms with Crippen molar-refractivity contribution in [2.24, 2.45) is 0 Å². The molecule has 0 aromatic heterocycles. The molecule has 0 bridgehead atoms. The van der Waals surface area contributed by atoms with Gasteiger partial charge in [0, 0.05) is 12.7 Å². The number of methoxy groups -OCH3 is 1. The summed E-state index contributed by atoms with van der Waals surface area (Å²) in [5.41, 5.74) is 0.782. The van der Waals surface area contributed by atoms with Crippen LogP contribution in [0.1, 0.15) is 11.7 Å². The van der Waals surface area contributed by atoms with Crippen LogP contribution in [0.2, 0.25) is 0 Å². The van der Waals surface area contributed by atoms with Gasteiger partial charge in [0.05, 0.1) is 16.8 Å². The van der Waals surface area contributed by atoms with Gasteiger partial charge < -0.3 is 4.74 Å². The van der Waals surface area contributed by atoms with E-state index in [1.54, 1.807) is 18.2 Å². The van der Waals surface area contributed by atoms with Crippen LogP contribution in [0.5, 0.6) is 0 Å². The van der Waals surface area contributed by atoms with E-state index in [1.807, 2.05) is 6.07 Å². The van der Waals surface area contributed by atoms with Crippen LogP contribution >= 0.6 is 0 Å². The molecule has 0 saturated carbocycles. The second-order valence-corrected chi connectivity index (χ2v) is 5.05. The van der Waals surface area contributed by atoms with E-state index in [4.69, 9.17) is 4.74 Å². The highest BCUT2D eigenvalue weighted by atomic mass is 32.2. The second-order valence-electron chi connectivity index (χ2n) is 3.04. The summed E-state index contributed by atoms with van der Waals surface area (Å²) < 4.78 is 28.2. The average Bonchev–Trinajstić information content (AvgIpc) is 2.39. The third-order valence-corrected chi connectivity index (χ3v) is 4.04. The van der Waals surface area contributed by atoms with Crippen molar-refractivity contribution >= 4 is 9.84 Å². The SMILES string of the molecule is COC1CS(=O)(=O)c2ccccc21. The topological polar surface area (TPSA) is 43.4 Å². The highest BCUT2D eigenvalue weighted by Gasteiger charge is 2.34. The number of hydrogen-bond acceptors (Lipinski definition) is 3. The van der Waals surface area contributed by atoms with Gasteiger partial charge in [-0.1, -0.05) is 18.2 Å². The van der Waals surface area contributed by atoms with Crippen molar-refractivity contribution in [1.29, 1.82) is 0 Å². The summed E-state index contributed by atoms with van der Waals surface area (Å²) >= 11 is 0. The van der Waals surface area contributed by atoms with E-state index < -0.39 is 9.84 Å². The van der Waals surface area contributed by atoms with Crippen LogP contribution in [0.3, 0.4) is 0 Å². The lowest BCUT2D eigenvalue weighted by Crippen LogP contribution is -2.04. The molecule has 0 spiro atoms. The molecular formula is C9H10O3S. The maximum Gasteiger partial charge on any atom is 0.181 e. The highest BCUT2D eigenvalue weighted by molar-refractivity contribution is 7.91. The number of hydrogen-bond donors (Lipinski definition) is 0. The van der Waals surface area contributed by atoms with Crippen molar-refractivity contribution in [3.8, 4) is 0 Å². The fraction of sp³-hybridized carbons (Fsp3) is 0.333. The van der Waals surface area contributed by atoms with Crippen molar-refractivity contribution in [3.05, 3.63) is 29.8 Å². The van der Waals surface area contributed by atoms with E-state index in [2.05, 4.69) is 0 Å². The van der Waals surface area contributed by atoms with Crippen molar-refractivity contribution < 1.29 is 13.2 Å². The molecule has 0 saturated heterocycles. The van der Waals surface area contributed by atoms with Crippen LogP contribution in [0, 0.1) is 0 Å². The summed E-state index contributed by atoms with van der Waals surface area (Å²) in [6, 6.07) is 6.98. The first-order valence-electron chi connectivity index (χ1n) is 3.99. The molecule has 0 amide bonds. The summed E-state index contributed by atoms with van der Waals surface area (Å²) in [4.78, 5) is 0.418. The second kappa shape index (κ2) is 2.82. The molecule has 0 N–H and O–H groups in total. The fourth-order valence-corrected chi connectivity index (χ4v) is 3.34. The monoisotopic (exact) mass is 198 g/mol. The van der Waals surface area contributed by atoms with Crippen molar-refractivity contribution in [3.63, 3.8) is 0 Å². The Hall–Kier alpha value is -0.870. The van der Waals surface area contributed by atoms with Crippen molar-refractivity contribution in [2.75, 3.05) is 12.9 Å². The average molecular weight is 198 g/mol. The normalized spacial score (nSPS) is 24.2. The molecule has 0 aliphatic carbocycles. The summed E-state index contributed by atoms with van der Waals surface area (Å²) in [6.45, 7) is 0. The lowest BCUT2D eigenvalue weighted by molar-refractivity contribution is 0.123. The Morgan fingerprint density at radius 2 is 2.08 bits per heavy atom. The maximum atomic E-state index is 11.5. The van der Waals surface area contributed by atoms with Gasteiger partial charge in [-0.15, -0.1) is 0 Å². The predicted molar refractivity (Wildman–Crippen MR) is 48.2 cm³/mol. The molecule has 1 unspecified atom stereocenters. The maximum absolute atomic E-state index is 11.5. The zero-order chi connectivity index (χ0) is 9.47. The first-order chi connectivity index (χ1) is 6.15. The van der Waals surface area contributed by atoms with Crippen LogP contribution in [0.4, 0.5) is 0 Å². The lowest BCUT2D eigenvalue weighted by Gasteiger charge is -2.05. The number of benzene rings is 1. The number of fused-ring (bicyclic) bond motifs is 1. The molecule has 1 aliphatic heterocycles. The Morgan fingerprint density at radius 3 is 2.77 bits per heavy atom. The number of ether oxygens (including phenoxy) is 1. The zero-order valence-corrected chi connectivity index (χ0v) is 8.04. The van der Waals surface area contributed by atoms with E-state index in [-0.39, 0.29) is 11.9 Å². The minimum absolute atomic E-state index is 0.0723. The summed E-state index contributed by atoms with van der Waals surface area (Å²) in [5.74, 6) is 0.0723. The molecule has 1 aliphatic rings. The minimum Gasteiger partial charge on any atom is -0.376 e. The molecule has 0 radical (unpaired) electrons. The smallest absolute Gasteiger partial charge is 0.181 e. The Morgan fingerprint density at radius 1 is 1.38 bits per heavy atom. The molecule has 4 heteroatoms. The van der Waals surface area contributed by atoms with Gasteiger partial charge in [-0.2, -0.15) is 0 Å². The molecule has 1 atom stereocenters. The summed E-state index contributed by atoms with van der Waals surface area (Å²) in [7, 11) is -1.56. The highest BCUT2D eigenvalue weighted by Crippen LogP contribution is 2.34. The summed E-state index contributed by atoms with van der Waals surface area (Å²) in [5, 5.41) is 0. The standard InChI is InChI=1S/C9H10O3S/c1-12-8-6-13(10,11)9-5-3-2-4-7(8)9/h2-5,8H,6H2,1H3. The molecule has 1 heterocycles. The number of rotatable bonds is 1. The molecule has 2 rings (SSSR count). The minimum atomic E-state index is -3.09. The molecular weight excluding hydrogens is 188 g/mol.